The molecule has 1 aromatic heterocycles. The van der Waals surface area contributed by atoms with Crippen molar-refractivity contribution in [1.29, 1.82) is 0 Å². The quantitative estimate of drug-likeness (QED) is 0.891. The zero-order valence-electron chi connectivity index (χ0n) is 10.9. The molecular formula is C12H18N4OS2. The Balaban J connectivity index is 1.76. The third-order valence-corrected chi connectivity index (χ3v) is 5.56. The highest BCUT2D eigenvalue weighted by atomic mass is 32.2. The highest BCUT2D eigenvalue weighted by molar-refractivity contribution is 7.99. The first-order chi connectivity index (χ1) is 9.15. The summed E-state index contributed by atoms with van der Waals surface area (Å²) in [5.41, 5.74) is 5.90. The minimum Gasteiger partial charge on any atom is -0.382 e. The molecule has 1 aliphatic heterocycles. The van der Waals surface area contributed by atoms with Crippen LogP contribution in [0.1, 0.15) is 29.4 Å². The molecule has 7 heteroatoms. The lowest BCUT2D eigenvalue weighted by molar-refractivity contribution is 0.0722. The number of nitrogens with two attached hydrogens (primary N) is 1. The first kappa shape index (κ1) is 13.1. The Morgan fingerprint density at radius 2 is 2.32 bits per heavy atom. The molecule has 3 rings (SSSR count). The Hall–Kier alpha value is -0.950. The fourth-order valence-corrected chi connectivity index (χ4v) is 4.04. The Kier molecular flexibility index (Phi) is 3.58. The summed E-state index contributed by atoms with van der Waals surface area (Å²) < 4.78 is 0. The zero-order valence-corrected chi connectivity index (χ0v) is 12.5. The molecule has 104 valence electrons. The first-order valence-electron chi connectivity index (χ1n) is 6.56. The topological polar surface area (TPSA) is 71.2 Å². The van der Waals surface area contributed by atoms with Crippen molar-refractivity contribution >= 4 is 40.0 Å². The lowest BCUT2D eigenvalue weighted by atomic mass is 10.3. The zero-order chi connectivity index (χ0) is 13.4. The highest BCUT2D eigenvalue weighted by Crippen LogP contribution is 2.32. The Labute approximate surface area is 120 Å². The molecular weight excluding hydrogens is 280 g/mol. The van der Waals surface area contributed by atoms with Crippen molar-refractivity contribution in [2.24, 2.45) is 0 Å². The molecule has 0 aromatic carbocycles. The molecule has 19 heavy (non-hydrogen) atoms. The van der Waals surface area contributed by atoms with Crippen LogP contribution in [-0.2, 0) is 0 Å². The van der Waals surface area contributed by atoms with Crippen molar-refractivity contribution < 1.29 is 4.79 Å². The van der Waals surface area contributed by atoms with E-state index in [4.69, 9.17) is 5.73 Å². The van der Waals surface area contributed by atoms with Gasteiger partial charge in [-0.2, -0.15) is 11.8 Å². The van der Waals surface area contributed by atoms with E-state index in [1.54, 1.807) is 0 Å². The molecule has 2 aliphatic rings. The molecule has 2 fully saturated rings. The molecule has 3 N–H and O–H groups in total. The van der Waals surface area contributed by atoms with Crippen LogP contribution in [0, 0.1) is 0 Å². The fourth-order valence-electron chi connectivity index (χ4n) is 2.11. The van der Waals surface area contributed by atoms with E-state index in [0.717, 1.165) is 23.2 Å². The average Bonchev–Trinajstić information content (AvgIpc) is 3.12. The van der Waals surface area contributed by atoms with Crippen molar-refractivity contribution in [2.75, 3.05) is 29.1 Å². The van der Waals surface area contributed by atoms with Crippen LogP contribution >= 0.6 is 23.1 Å². The number of hydrogen-bond donors (Lipinski definition) is 2. The van der Waals surface area contributed by atoms with Crippen LogP contribution < -0.4 is 11.1 Å². The van der Waals surface area contributed by atoms with Crippen molar-refractivity contribution in [1.82, 2.24) is 9.88 Å². The van der Waals surface area contributed by atoms with Gasteiger partial charge in [-0.05, 0) is 19.8 Å². The van der Waals surface area contributed by atoms with Crippen molar-refractivity contribution in [2.45, 2.75) is 31.8 Å². The van der Waals surface area contributed by atoms with Crippen LogP contribution in [0.3, 0.4) is 0 Å². The molecule has 2 heterocycles. The summed E-state index contributed by atoms with van der Waals surface area (Å²) in [7, 11) is 0. The lowest BCUT2D eigenvalue weighted by Crippen LogP contribution is -2.44. The molecule has 1 amide bonds. The number of carbonyl (C=O) groups excluding carboxylic acids is 1. The number of amides is 1. The monoisotopic (exact) mass is 298 g/mol. The van der Waals surface area contributed by atoms with E-state index in [-0.39, 0.29) is 11.9 Å². The van der Waals surface area contributed by atoms with E-state index < -0.39 is 0 Å². The maximum absolute atomic E-state index is 12.5. The van der Waals surface area contributed by atoms with Gasteiger partial charge in [0.05, 0.1) is 0 Å². The number of hydrogen-bond acceptors (Lipinski definition) is 6. The summed E-state index contributed by atoms with van der Waals surface area (Å²) in [5.74, 6) is 2.40. The number of nitrogens with one attached hydrogen (secondary N) is 1. The standard InChI is InChI=1S/C12H18N4OS2/c1-7-6-18-5-4-16(7)11(17)9-10(13)15-12(19-9)14-8-2-3-8/h7-8H,2-6,13H2,1H3,(H,14,15). The number of nitrogens with zero attached hydrogens (tertiary/aromatic N) is 2. The number of aromatic nitrogens is 1. The third kappa shape index (κ3) is 2.81. The Morgan fingerprint density at radius 3 is 3.00 bits per heavy atom. The first-order valence-corrected chi connectivity index (χ1v) is 8.54. The van der Waals surface area contributed by atoms with Gasteiger partial charge < -0.3 is 16.0 Å². The van der Waals surface area contributed by atoms with E-state index in [2.05, 4.69) is 17.2 Å². The average molecular weight is 298 g/mol. The minimum atomic E-state index is 0.0339. The van der Waals surface area contributed by atoms with Crippen LogP contribution in [-0.4, -0.2) is 45.9 Å². The lowest BCUT2D eigenvalue weighted by Gasteiger charge is -2.32. The Morgan fingerprint density at radius 1 is 1.53 bits per heavy atom. The third-order valence-electron chi connectivity index (χ3n) is 3.38. The number of thiazole rings is 1. The fraction of sp³-hybridized carbons (Fsp3) is 0.667. The van der Waals surface area contributed by atoms with Gasteiger partial charge in [0.25, 0.3) is 5.91 Å². The van der Waals surface area contributed by atoms with Gasteiger partial charge in [0, 0.05) is 30.1 Å². The molecule has 1 atom stereocenters. The summed E-state index contributed by atoms with van der Waals surface area (Å²) in [6.07, 6.45) is 2.37. The molecule has 1 aliphatic carbocycles. The van der Waals surface area contributed by atoms with Gasteiger partial charge >= 0.3 is 0 Å². The van der Waals surface area contributed by atoms with Crippen LogP contribution in [0.5, 0.6) is 0 Å². The van der Waals surface area contributed by atoms with Crippen molar-refractivity contribution in [3.63, 3.8) is 0 Å². The number of carbonyl (C=O) groups is 1. The minimum absolute atomic E-state index is 0.0339. The van der Waals surface area contributed by atoms with Gasteiger partial charge in [0.2, 0.25) is 0 Å². The van der Waals surface area contributed by atoms with Crippen LogP contribution in [0.25, 0.3) is 0 Å². The van der Waals surface area contributed by atoms with Gasteiger partial charge in [0.1, 0.15) is 10.7 Å². The Bertz CT molecular complexity index is 486. The highest BCUT2D eigenvalue weighted by Gasteiger charge is 2.29. The molecule has 5 nitrogen and oxygen atoms in total. The van der Waals surface area contributed by atoms with E-state index in [1.165, 1.54) is 24.2 Å². The van der Waals surface area contributed by atoms with Crippen LogP contribution in [0.15, 0.2) is 0 Å². The number of nitrogen functional groups attached to an aromatic ring is 1. The van der Waals surface area contributed by atoms with E-state index in [9.17, 15) is 4.79 Å². The SMILES string of the molecule is CC1CSCCN1C(=O)c1sc(NC2CC2)nc1N. The predicted octanol–water partition coefficient (Wildman–Crippen LogP) is 1.88. The van der Waals surface area contributed by atoms with Gasteiger partial charge in [-0.25, -0.2) is 4.98 Å². The van der Waals surface area contributed by atoms with E-state index in [1.807, 2.05) is 16.7 Å². The van der Waals surface area contributed by atoms with E-state index in [0.29, 0.717) is 16.7 Å². The van der Waals surface area contributed by atoms with Crippen LogP contribution in [0.4, 0.5) is 10.9 Å². The predicted molar refractivity (Wildman–Crippen MR) is 81.0 cm³/mol. The maximum atomic E-state index is 12.5. The van der Waals surface area contributed by atoms with Gasteiger partial charge in [-0.1, -0.05) is 11.3 Å². The number of rotatable bonds is 3. The smallest absolute Gasteiger partial charge is 0.268 e. The molecule has 1 aromatic rings. The molecule has 1 saturated carbocycles. The summed E-state index contributed by atoms with van der Waals surface area (Å²) >= 11 is 3.28. The second kappa shape index (κ2) is 5.20. The van der Waals surface area contributed by atoms with Gasteiger partial charge in [-0.15, -0.1) is 0 Å². The molecule has 1 unspecified atom stereocenters. The van der Waals surface area contributed by atoms with Gasteiger partial charge in [0.15, 0.2) is 5.13 Å². The largest absolute Gasteiger partial charge is 0.382 e. The van der Waals surface area contributed by atoms with Crippen molar-refractivity contribution in [3.05, 3.63) is 4.88 Å². The summed E-state index contributed by atoms with van der Waals surface area (Å²) in [6.45, 7) is 2.89. The summed E-state index contributed by atoms with van der Waals surface area (Å²) in [4.78, 5) is 19.3. The summed E-state index contributed by atoms with van der Waals surface area (Å²) in [6, 6.07) is 0.798. The normalized spacial score (nSPS) is 23.4. The number of thioether (sulfide) groups is 1. The summed E-state index contributed by atoms with van der Waals surface area (Å²) in [5, 5.41) is 4.08. The molecule has 0 spiro atoms. The molecule has 0 bridgehead atoms. The second-order valence-corrected chi connectivity index (χ2v) is 7.22. The molecule has 1 saturated heterocycles. The maximum Gasteiger partial charge on any atom is 0.268 e. The van der Waals surface area contributed by atoms with Gasteiger partial charge in [-0.3, -0.25) is 4.79 Å². The van der Waals surface area contributed by atoms with Crippen LogP contribution in [0.2, 0.25) is 0 Å². The van der Waals surface area contributed by atoms with Crippen molar-refractivity contribution in [3.8, 4) is 0 Å². The second-order valence-electron chi connectivity index (χ2n) is 5.07. The molecule has 0 radical (unpaired) electrons. The number of anilines is 2. The van der Waals surface area contributed by atoms with E-state index >= 15 is 0 Å².